The van der Waals surface area contributed by atoms with Crippen LogP contribution in [0.4, 0.5) is 0 Å². The van der Waals surface area contributed by atoms with Crippen LogP contribution in [0.25, 0.3) is 0 Å². The molecule has 0 spiro atoms. The van der Waals surface area contributed by atoms with Crippen LogP contribution in [0.5, 0.6) is 0 Å². The summed E-state index contributed by atoms with van der Waals surface area (Å²) in [6.07, 6.45) is 8.25. The number of rotatable bonds is 0. The van der Waals surface area contributed by atoms with E-state index in [0.717, 1.165) is 0 Å². The topological polar surface area (TPSA) is 25.8 Å². The summed E-state index contributed by atoms with van der Waals surface area (Å²) in [6, 6.07) is 11.4. The molecule has 0 saturated heterocycles. The van der Waals surface area contributed by atoms with E-state index in [1.54, 1.807) is 24.8 Å². The lowest BCUT2D eigenvalue weighted by atomic mass is 10.5. The molecule has 0 amide bonds. The lowest BCUT2D eigenvalue weighted by Crippen LogP contribution is -1.58. The Hall–Kier alpha value is -1.70. The molecule has 0 radical (unpaired) electrons. The fourth-order valence-corrected chi connectivity index (χ4v) is 0.625. The van der Waals surface area contributed by atoms with Gasteiger partial charge in [-0.15, -0.1) is 0 Å². The molecule has 0 bridgehead atoms. The Labute approximate surface area is 92.0 Å². The highest BCUT2D eigenvalue weighted by Crippen LogP contribution is 1.74. The second-order valence-electron chi connectivity index (χ2n) is 2.76. The largest absolute Gasteiger partial charge is 0.265 e. The molecule has 0 unspecified atom stereocenters. The molecule has 80 valence electrons. The highest BCUT2D eigenvalue weighted by atomic mass is 14.6. The normalized spacial score (nSPS) is 7.60. The molecule has 2 heteroatoms. The Morgan fingerprint density at radius 2 is 0.867 bits per heavy atom. The van der Waals surface area contributed by atoms with Crippen molar-refractivity contribution in [2.24, 2.45) is 0 Å². The number of aromatic nitrogens is 2. The van der Waals surface area contributed by atoms with Crippen molar-refractivity contribution in [3.05, 3.63) is 61.2 Å². The first kappa shape index (κ1) is 13.3. The maximum atomic E-state index is 3.78. The highest BCUT2D eigenvalue weighted by Gasteiger charge is 1.59. The van der Waals surface area contributed by atoms with Gasteiger partial charge in [0.05, 0.1) is 0 Å². The summed E-state index contributed by atoms with van der Waals surface area (Å²) in [5, 5.41) is 0. The van der Waals surface area contributed by atoms with E-state index in [9.17, 15) is 0 Å². The van der Waals surface area contributed by atoms with Gasteiger partial charge in [0.1, 0.15) is 0 Å². The monoisotopic (exact) mass is 202 g/mol. The van der Waals surface area contributed by atoms with Crippen molar-refractivity contribution < 1.29 is 0 Å². The Morgan fingerprint density at radius 1 is 0.600 bits per heavy atom. The summed E-state index contributed by atoms with van der Waals surface area (Å²) in [7, 11) is 0. The molecule has 2 aromatic rings. The van der Waals surface area contributed by atoms with E-state index in [2.05, 4.69) is 23.8 Å². The fourth-order valence-electron chi connectivity index (χ4n) is 0.625. The van der Waals surface area contributed by atoms with Crippen molar-refractivity contribution in [3.8, 4) is 0 Å². The van der Waals surface area contributed by atoms with E-state index in [0.29, 0.717) is 0 Å². The fraction of sp³-hybridized carbons (Fsp3) is 0.231. The Kier molecular flexibility index (Phi) is 10.9. The minimum Gasteiger partial charge on any atom is -0.265 e. The predicted molar refractivity (Wildman–Crippen MR) is 64.4 cm³/mol. The van der Waals surface area contributed by atoms with Gasteiger partial charge >= 0.3 is 0 Å². The second kappa shape index (κ2) is 12.3. The third-order valence-corrected chi connectivity index (χ3v) is 1.13. The van der Waals surface area contributed by atoms with Crippen LogP contribution in [0.2, 0.25) is 0 Å². The number of hydrogen-bond donors (Lipinski definition) is 0. The van der Waals surface area contributed by atoms with Gasteiger partial charge in [0.25, 0.3) is 0 Å². The van der Waals surface area contributed by atoms with Crippen LogP contribution in [-0.4, -0.2) is 9.97 Å². The Balaban J connectivity index is 0.000000210. The predicted octanol–water partition coefficient (Wildman–Crippen LogP) is 3.58. The van der Waals surface area contributed by atoms with Crippen LogP contribution in [0.15, 0.2) is 61.2 Å². The van der Waals surface area contributed by atoms with Crippen LogP contribution >= 0.6 is 0 Å². The molecule has 0 saturated carbocycles. The van der Waals surface area contributed by atoms with Gasteiger partial charge in [0.15, 0.2) is 0 Å². The van der Waals surface area contributed by atoms with E-state index in [-0.39, 0.29) is 0 Å². The van der Waals surface area contributed by atoms with Crippen LogP contribution < -0.4 is 0 Å². The van der Waals surface area contributed by atoms with E-state index in [1.807, 2.05) is 36.4 Å². The molecular formula is C13H18N2. The minimum absolute atomic E-state index is 1.25. The summed E-state index contributed by atoms with van der Waals surface area (Å²) < 4.78 is 0. The van der Waals surface area contributed by atoms with Crippen LogP contribution in [0.3, 0.4) is 0 Å². The van der Waals surface area contributed by atoms with Crippen LogP contribution in [0.1, 0.15) is 20.3 Å². The smallest absolute Gasteiger partial charge is 0.0267 e. The zero-order valence-electron chi connectivity index (χ0n) is 9.38. The molecule has 0 aliphatic heterocycles. The first-order valence-electron chi connectivity index (χ1n) is 5.11. The first-order chi connectivity index (χ1) is 7.41. The standard InChI is InChI=1S/2C5H5N.C3H8/c2*1-2-4-6-5-3-1;1-3-2/h2*1-5H;3H2,1-2H3. The quantitative estimate of drug-likeness (QED) is 0.652. The average Bonchev–Trinajstić information content (AvgIpc) is 2.35. The van der Waals surface area contributed by atoms with Crippen LogP contribution in [0, 0.1) is 0 Å². The summed E-state index contributed by atoms with van der Waals surface area (Å²) in [4.78, 5) is 7.57. The zero-order chi connectivity index (χ0) is 11.2. The van der Waals surface area contributed by atoms with Crippen LogP contribution in [-0.2, 0) is 0 Å². The highest BCUT2D eigenvalue weighted by molar-refractivity contribution is 4.88. The van der Waals surface area contributed by atoms with Crippen molar-refractivity contribution in [1.29, 1.82) is 0 Å². The lowest BCUT2D eigenvalue weighted by Gasteiger charge is -1.70. The van der Waals surface area contributed by atoms with Crippen molar-refractivity contribution in [2.75, 3.05) is 0 Å². The molecule has 0 aromatic carbocycles. The number of nitrogens with zero attached hydrogens (tertiary/aromatic N) is 2. The van der Waals surface area contributed by atoms with Gasteiger partial charge in [0.2, 0.25) is 0 Å². The summed E-state index contributed by atoms with van der Waals surface area (Å²) in [5.41, 5.74) is 0. The third-order valence-electron chi connectivity index (χ3n) is 1.13. The van der Waals surface area contributed by atoms with E-state index in [4.69, 9.17) is 0 Å². The maximum absolute atomic E-state index is 3.78. The summed E-state index contributed by atoms with van der Waals surface area (Å²) >= 11 is 0. The molecular weight excluding hydrogens is 184 g/mol. The lowest BCUT2D eigenvalue weighted by molar-refractivity contribution is 1.09. The molecule has 0 fully saturated rings. The van der Waals surface area contributed by atoms with Gasteiger partial charge in [-0.2, -0.15) is 0 Å². The molecule has 2 heterocycles. The van der Waals surface area contributed by atoms with Crippen molar-refractivity contribution in [2.45, 2.75) is 20.3 Å². The van der Waals surface area contributed by atoms with E-state index in [1.165, 1.54) is 6.42 Å². The van der Waals surface area contributed by atoms with E-state index < -0.39 is 0 Å². The van der Waals surface area contributed by atoms with Gasteiger partial charge in [0, 0.05) is 24.8 Å². The molecule has 0 aliphatic carbocycles. The second-order valence-corrected chi connectivity index (χ2v) is 2.76. The molecule has 2 nitrogen and oxygen atoms in total. The zero-order valence-corrected chi connectivity index (χ0v) is 9.38. The molecule has 0 atom stereocenters. The average molecular weight is 202 g/mol. The van der Waals surface area contributed by atoms with Gasteiger partial charge in [-0.1, -0.05) is 32.4 Å². The molecule has 2 aromatic heterocycles. The van der Waals surface area contributed by atoms with Gasteiger partial charge in [-0.25, -0.2) is 0 Å². The van der Waals surface area contributed by atoms with Crippen molar-refractivity contribution in [3.63, 3.8) is 0 Å². The molecule has 0 aliphatic rings. The number of pyridine rings is 2. The third kappa shape index (κ3) is 12.3. The molecule has 0 N–H and O–H groups in total. The first-order valence-corrected chi connectivity index (χ1v) is 5.11. The van der Waals surface area contributed by atoms with Crippen molar-refractivity contribution in [1.82, 2.24) is 9.97 Å². The number of hydrogen-bond acceptors (Lipinski definition) is 2. The van der Waals surface area contributed by atoms with E-state index >= 15 is 0 Å². The minimum atomic E-state index is 1.25. The molecule has 15 heavy (non-hydrogen) atoms. The Bertz CT molecular complexity index is 197. The van der Waals surface area contributed by atoms with Gasteiger partial charge in [-0.05, 0) is 24.3 Å². The van der Waals surface area contributed by atoms with Gasteiger partial charge < -0.3 is 0 Å². The van der Waals surface area contributed by atoms with Crippen molar-refractivity contribution >= 4 is 0 Å². The summed E-state index contributed by atoms with van der Waals surface area (Å²) in [5.74, 6) is 0. The summed E-state index contributed by atoms with van der Waals surface area (Å²) in [6.45, 7) is 4.25. The van der Waals surface area contributed by atoms with Gasteiger partial charge in [-0.3, -0.25) is 9.97 Å². The maximum Gasteiger partial charge on any atom is 0.0267 e. The SMILES string of the molecule is CCC.c1ccncc1.c1ccncc1. The molecule has 2 rings (SSSR count). The Morgan fingerprint density at radius 3 is 0.933 bits per heavy atom.